The van der Waals surface area contributed by atoms with E-state index < -0.39 is 5.69 Å². The van der Waals surface area contributed by atoms with Crippen LogP contribution in [0.2, 0.25) is 0 Å². The Balaban J connectivity index is 1.21. The second-order valence-corrected chi connectivity index (χ2v) is 11.1. The Morgan fingerprint density at radius 2 is 1.81 bits per heavy atom. The van der Waals surface area contributed by atoms with Gasteiger partial charge in [0.05, 0.1) is 5.69 Å². The third-order valence-corrected chi connectivity index (χ3v) is 8.13. The van der Waals surface area contributed by atoms with Crippen molar-refractivity contribution in [3.63, 3.8) is 0 Å². The van der Waals surface area contributed by atoms with Crippen LogP contribution in [-0.4, -0.2) is 76.2 Å². The predicted octanol–water partition coefficient (Wildman–Crippen LogP) is 2.58. The van der Waals surface area contributed by atoms with Crippen LogP contribution in [0.1, 0.15) is 51.0 Å². The normalized spacial score (nSPS) is 23.2. The number of benzene rings is 1. The van der Waals surface area contributed by atoms with E-state index in [4.69, 9.17) is 5.73 Å². The van der Waals surface area contributed by atoms with Crippen LogP contribution in [0.25, 0.3) is 5.69 Å². The van der Waals surface area contributed by atoms with E-state index in [1.165, 1.54) is 42.4 Å². The van der Waals surface area contributed by atoms with Gasteiger partial charge in [0.2, 0.25) is 0 Å². The predicted molar refractivity (Wildman–Crippen MR) is 146 cm³/mol. The zero-order valence-electron chi connectivity index (χ0n) is 21.9. The number of nitrogens with one attached hydrogen (secondary N) is 2. The summed E-state index contributed by atoms with van der Waals surface area (Å²) in [6.45, 7) is 6.38. The molecule has 2 aromatic rings. The minimum absolute atomic E-state index is 0.226. The number of amides is 2. The van der Waals surface area contributed by atoms with E-state index in [9.17, 15) is 9.59 Å². The summed E-state index contributed by atoms with van der Waals surface area (Å²) in [5.41, 5.74) is 7.80. The first-order valence-electron chi connectivity index (χ1n) is 13.9. The Hall–Kier alpha value is -2.75. The van der Waals surface area contributed by atoms with Crippen molar-refractivity contribution < 1.29 is 4.79 Å². The van der Waals surface area contributed by atoms with Crippen molar-refractivity contribution in [1.82, 2.24) is 24.7 Å². The number of anilines is 1. The molecule has 1 atom stereocenters. The summed E-state index contributed by atoms with van der Waals surface area (Å²) >= 11 is 0. The van der Waals surface area contributed by atoms with Crippen molar-refractivity contribution in [2.75, 3.05) is 38.0 Å². The lowest BCUT2D eigenvalue weighted by molar-refractivity contribution is 0.101. The molecule has 200 valence electrons. The molecule has 9 heteroatoms. The number of aromatic nitrogens is 2. The van der Waals surface area contributed by atoms with Crippen molar-refractivity contribution >= 4 is 11.8 Å². The van der Waals surface area contributed by atoms with Crippen LogP contribution in [0, 0.1) is 5.92 Å². The summed E-state index contributed by atoms with van der Waals surface area (Å²) in [4.78, 5) is 33.7. The second-order valence-electron chi connectivity index (χ2n) is 11.1. The molecule has 1 saturated heterocycles. The van der Waals surface area contributed by atoms with E-state index in [0.29, 0.717) is 31.2 Å². The van der Waals surface area contributed by atoms with Crippen LogP contribution in [0.5, 0.6) is 0 Å². The molecule has 3 aliphatic rings. The molecule has 1 aromatic heterocycles. The zero-order chi connectivity index (χ0) is 25.8. The number of hydrogen-bond donors (Lipinski definition) is 3. The highest BCUT2D eigenvalue weighted by atomic mass is 16.2. The molecule has 2 amide bonds. The second kappa shape index (κ2) is 11.8. The fourth-order valence-corrected chi connectivity index (χ4v) is 5.70. The number of carbonyl (C=O) groups excluding carboxylic acids is 1. The Labute approximate surface area is 219 Å². The summed E-state index contributed by atoms with van der Waals surface area (Å²) in [5, 5.41) is 5.96. The summed E-state index contributed by atoms with van der Waals surface area (Å²) in [7, 11) is 0. The first-order valence-corrected chi connectivity index (χ1v) is 13.9. The molecule has 9 nitrogen and oxygen atoms in total. The van der Waals surface area contributed by atoms with E-state index in [2.05, 4.69) is 39.6 Å². The Morgan fingerprint density at radius 3 is 2.46 bits per heavy atom. The monoisotopic (exact) mass is 507 g/mol. The molecular formula is C28H41N7O2. The van der Waals surface area contributed by atoms with Crippen LogP contribution >= 0.6 is 0 Å². The Morgan fingerprint density at radius 1 is 1.11 bits per heavy atom. The number of urea groups is 1. The molecule has 2 heterocycles. The molecule has 0 spiro atoms. The third-order valence-electron chi connectivity index (χ3n) is 8.13. The van der Waals surface area contributed by atoms with Gasteiger partial charge in [0.25, 0.3) is 0 Å². The molecule has 1 aliphatic heterocycles. The van der Waals surface area contributed by atoms with Crippen molar-refractivity contribution in [1.29, 1.82) is 0 Å². The largest absolute Gasteiger partial charge is 0.354 e. The van der Waals surface area contributed by atoms with Crippen LogP contribution in [0.3, 0.4) is 0 Å². The molecule has 37 heavy (non-hydrogen) atoms. The number of nitrogens with zero attached hydrogens (tertiary/aromatic N) is 4. The lowest BCUT2D eigenvalue weighted by Crippen LogP contribution is -2.48. The lowest BCUT2D eigenvalue weighted by Gasteiger charge is -2.40. The molecule has 3 fully saturated rings. The number of rotatable bonds is 8. The SMILES string of the molecule is CC(Cc1ccc(-n2ccc(NC(=O)N3CCNCC3)nc2=O)cc1)N(CC1CC1)C1CCC(N)CC1. The Kier molecular flexibility index (Phi) is 8.22. The smallest absolute Gasteiger partial charge is 0.328 e. The number of nitrogens with two attached hydrogens (primary N) is 1. The highest BCUT2D eigenvalue weighted by molar-refractivity contribution is 5.88. The average Bonchev–Trinajstić information content (AvgIpc) is 3.73. The molecule has 1 unspecified atom stereocenters. The summed E-state index contributed by atoms with van der Waals surface area (Å²) < 4.78 is 1.51. The fourth-order valence-electron chi connectivity index (χ4n) is 5.70. The lowest BCUT2D eigenvalue weighted by atomic mass is 9.89. The van der Waals surface area contributed by atoms with Gasteiger partial charge in [-0.05, 0) is 81.5 Å². The van der Waals surface area contributed by atoms with Gasteiger partial charge < -0.3 is 16.0 Å². The van der Waals surface area contributed by atoms with Gasteiger partial charge in [0.15, 0.2) is 0 Å². The first-order chi connectivity index (χ1) is 18.0. The van der Waals surface area contributed by atoms with Gasteiger partial charge in [-0.25, -0.2) is 9.59 Å². The minimum Gasteiger partial charge on any atom is -0.328 e. The Bertz CT molecular complexity index is 1100. The first kappa shape index (κ1) is 25.9. The van der Waals surface area contributed by atoms with Crippen LogP contribution in [0.15, 0.2) is 41.3 Å². The van der Waals surface area contributed by atoms with Crippen molar-refractivity contribution in [2.45, 2.75) is 70.0 Å². The molecule has 1 aromatic carbocycles. The maximum Gasteiger partial charge on any atom is 0.354 e. The molecule has 0 radical (unpaired) electrons. The van der Waals surface area contributed by atoms with Crippen LogP contribution < -0.4 is 22.1 Å². The van der Waals surface area contributed by atoms with E-state index in [1.54, 1.807) is 17.2 Å². The van der Waals surface area contributed by atoms with Crippen LogP contribution in [0.4, 0.5) is 10.6 Å². The van der Waals surface area contributed by atoms with Gasteiger partial charge in [0.1, 0.15) is 5.82 Å². The van der Waals surface area contributed by atoms with Crippen LogP contribution in [-0.2, 0) is 6.42 Å². The standard InChI is InChI=1S/C28H41N7O2/c1-20(35(19-22-2-3-22)25-10-6-23(29)7-11-25)18-21-4-8-24(9-5-21)34-15-12-26(32-28(34)37)31-27(36)33-16-13-30-14-17-33/h4-5,8-9,12,15,20,22-23,25,30H,2-3,6-7,10-11,13-14,16-19,29H2,1H3,(H,31,32,36,37). The minimum atomic E-state index is -0.412. The van der Waals surface area contributed by atoms with Gasteiger partial charge in [0, 0.05) is 57.0 Å². The van der Waals surface area contributed by atoms with Crippen molar-refractivity contribution in [3.05, 3.63) is 52.6 Å². The van der Waals surface area contributed by atoms with Crippen molar-refractivity contribution in [3.8, 4) is 5.69 Å². The highest BCUT2D eigenvalue weighted by Crippen LogP contribution is 2.34. The average molecular weight is 508 g/mol. The van der Waals surface area contributed by atoms with Crippen molar-refractivity contribution in [2.24, 2.45) is 11.7 Å². The summed E-state index contributed by atoms with van der Waals surface area (Å²) in [5.74, 6) is 1.14. The molecule has 2 aliphatic carbocycles. The van der Waals surface area contributed by atoms with Gasteiger partial charge >= 0.3 is 11.7 Å². The molecule has 0 bridgehead atoms. The number of carbonyl (C=O) groups is 1. The van der Waals surface area contributed by atoms with Gasteiger partial charge in [-0.2, -0.15) is 4.98 Å². The van der Waals surface area contributed by atoms with E-state index in [0.717, 1.165) is 44.0 Å². The highest BCUT2D eigenvalue weighted by Gasteiger charge is 2.32. The molecular weight excluding hydrogens is 466 g/mol. The quantitative estimate of drug-likeness (QED) is 0.507. The van der Waals surface area contributed by atoms with E-state index in [1.807, 2.05) is 12.1 Å². The molecule has 2 saturated carbocycles. The third kappa shape index (κ3) is 6.77. The van der Waals surface area contributed by atoms with Gasteiger partial charge in [-0.3, -0.25) is 14.8 Å². The molecule has 4 N–H and O–H groups in total. The topological polar surface area (TPSA) is 109 Å². The van der Waals surface area contributed by atoms with E-state index in [-0.39, 0.29) is 11.8 Å². The van der Waals surface area contributed by atoms with E-state index >= 15 is 0 Å². The fraction of sp³-hybridized carbons (Fsp3) is 0.607. The molecule has 5 rings (SSSR count). The number of hydrogen-bond acceptors (Lipinski definition) is 6. The maximum atomic E-state index is 12.7. The van der Waals surface area contributed by atoms with Gasteiger partial charge in [-0.15, -0.1) is 0 Å². The number of piperazine rings is 1. The zero-order valence-corrected chi connectivity index (χ0v) is 21.9. The summed E-state index contributed by atoms with van der Waals surface area (Å²) in [6, 6.07) is 11.1. The van der Waals surface area contributed by atoms with Gasteiger partial charge in [-0.1, -0.05) is 12.1 Å². The summed E-state index contributed by atoms with van der Waals surface area (Å²) in [6.07, 6.45) is 10.1. The maximum absolute atomic E-state index is 12.7.